The van der Waals surface area contributed by atoms with Crippen LogP contribution >= 0.6 is 0 Å². The van der Waals surface area contributed by atoms with Crippen molar-refractivity contribution in [3.63, 3.8) is 0 Å². The lowest BCUT2D eigenvalue weighted by molar-refractivity contribution is -0.105. The predicted molar refractivity (Wildman–Crippen MR) is 79.9 cm³/mol. The molecule has 108 valence electrons. The fourth-order valence-corrected chi connectivity index (χ4v) is 1.83. The van der Waals surface area contributed by atoms with E-state index < -0.39 is 11.8 Å². The number of rotatable bonds is 4. The van der Waals surface area contributed by atoms with Gasteiger partial charge in [-0.1, -0.05) is 6.07 Å². The van der Waals surface area contributed by atoms with Crippen LogP contribution in [0, 0.1) is 12.7 Å². The monoisotopic (exact) mass is 287 g/mol. The van der Waals surface area contributed by atoms with Crippen LogP contribution in [0.5, 0.6) is 0 Å². The number of halogens is 1. The van der Waals surface area contributed by atoms with Gasteiger partial charge in [0.25, 0.3) is 0 Å². The molecule has 2 rings (SSSR count). The van der Waals surface area contributed by atoms with E-state index in [1.54, 1.807) is 24.3 Å². The average Bonchev–Trinajstić information content (AvgIpc) is 2.42. The van der Waals surface area contributed by atoms with Gasteiger partial charge in [0, 0.05) is 17.1 Å². The first-order valence-corrected chi connectivity index (χ1v) is 6.23. The summed E-state index contributed by atoms with van der Waals surface area (Å²) in [5.74, 6) is -0.423. The van der Waals surface area contributed by atoms with Crippen LogP contribution in [0.15, 0.2) is 42.5 Å². The molecule has 0 atom stereocenters. The maximum absolute atomic E-state index is 13.0. The highest BCUT2D eigenvalue weighted by atomic mass is 19.1. The van der Waals surface area contributed by atoms with Gasteiger partial charge < -0.3 is 16.0 Å². The minimum Gasteiger partial charge on any atom is -0.328 e. The minimum atomic E-state index is -0.476. The topological polar surface area (TPSA) is 70.2 Å². The molecule has 0 fully saturated rings. The van der Waals surface area contributed by atoms with Gasteiger partial charge >= 0.3 is 6.03 Å². The van der Waals surface area contributed by atoms with Crippen molar-refractivity contribution in [1.29, 1.82) is 0 Å². The number of carbonyl (C=O) groups excluding carboxylic acids is 2. The SMILES string of the molecule is Cc1cc(NC(=O)Nc2cccc(F)c2)ccc1NC=O. The zero-order valence-corrected chi connectivity index (χ0v) is 11.3. The molecule has 0 aliphatic rings. The molecular weight excluding hydrogens is 273 g/mol. The second-order valence-electron chi connectivity index (χ2n) is 4.38. The summed E-state index contributed by atoms with van der Waals surface area (Å²) in [6.45, 7) is 1.81. The number of benzene rings is 2. The van der Waals surface area contributed by atoms with Gasteiger partial charge in [0.15, 0.2) is 0 Å². The molecule has 0 unspecified atom stereocenters. The fraction of sp³-hybridized carbons (Fsp3) is 0.0667. The molecule has 0 aliphatic heterocycles. The Morgan fingerprint density at radius 1 is 1.10 bits per heavy atom. The van der Waals surface area contributed by atoms with Crippen LogP contribution in [0.3, 0.4) is 0 Å². The Labute approximate surface area is 121 Å². The number of aryl methyl sites for hydroxylation is 1. The van der Waals surface area contributed by atoms with E-state index in [9.17, 15) is 14.0 Å². The largest absolute Gasteiger partial charge is 0.328 e. The van der Waals surface area contributed by atoms with E-state index in [0.29, 0.717) is 23.5 Å². The molecule has 6 heteroatoms. The van der Waals surface area contributed by atoms with Gasteiger partial charge in [-0.05, 0) is 48.9 Å². The molecule has 0 heterocycles. The molecule has 5 nitrogen and oxygen atoms in total. The highest BCUT2D eigenvalue weighted by Gasteiger charge is 2.05. The Hall–Kier alpha value is -2.89. The first kappa shape index (κ1) is 14.5. The van der Waals surface area contributed by atoms with Crippen molar-refractivity contribution < 1.29 is 14.0 Å². The van der Waals surface area contributed by atoms with Crippen LogP contribution in [0.1, 0.15) is 5.56 Å². The standard InChI is InChI=1S/C15H14FN3O2/c1-10-7-13(5-6-14(10)17-9-20)19-15(21)18-12-4-2-3-11(16)8-12/h2-9H,1H3,(H,17,20)(H2,18,19,21). The van der Waals surface area contributed by atoms with Gasteiger partial charge in [-0.15, -0.1) is 0 Å². The molecule has 0 bridgehead atoms. The van der Waals surface area contributed by atoms with Crippen LogP contribution in [0.4, 0.5) is 26.2 Å². The third kappa shape index (κ3) is 4.04. The second kappa shape index (κ2) is 6.51. The number of nitrogens with one attached hydrogen (secondary N) is 3. The van der Waals surface area contributed by atoms with Crippen molar-refractivity contribution in [3.8, 4) is 0 Å². The van der Waals surface area contributed by atoms with Gasteiger partial charge in [-0.2, -0.15) is 0 Å². The molecule has 0 spiro atoms. The molecule has 0 aliphatic carbocycles. The lowest BCUT2D eigenvalue weighted by atomic mass is 10.2. The number of hydrogen-bond donors (Lipinski definition) is 3. The first-order chi connectivity index (χ1) is 10.1. The summed E-state index contributed by atoms with van der Waals surface area (Å²) in [6.07, 6.45) is 0.589. The Kier molecular flexibility index (Phi) is 4.50. The summed E-state index contributed by atoms with van der Waals surface area (Å²) in [5, 5.41) is 7.71. The fourth-order valence-electron chi connectivity index (χ4n) is 1.83. The van der Waals surface area contributed by atoms with Gasteiger partial charge in [0.2, 0.25) is 6.41 Å². The molecule has 0 saturated heterocycles. The molecule has 2 aromatic carbocycles. The second-order valence-corrected chi connectivity index (χ2v) is 4.38. The highest BCUT2D eigenvalue weighted by molar-refractivity contribution is 6.00. The van der Waals surface area contributed by atoms with Crippen molar-refractivity contribution in [3.05, 3.63) is 53.8 Å². The van der Waals surface area contributed by atoms with E-state index in [0.717, 1.165) is 5.56 Å². The van der Waals surface area contributed by atoms with E-state index in [2.05, 4.69) is 16.0 Å². The number of carbonyl (C=O) groups is 2. The highest BCUT2D eigenvalue weighted by Crippen LogP contribution is 2.19. The first-order valence-electron chi connectivity index (χ1n) is 6.23. The van der Waals surface area contributed by atoms with E-state index in [-0.39, 0.29) is 0 Å². The quantitative estimate of drug-likeness (QED) is 0.755. The summed E-state index contributed by atoms with van der Waals surface area (Å²) < 4.78 is 13.0. The van der Waals surface area contributed by atoms with Crippen molar-refractivity contribution in [2.24, 2.45) is 0 Å². The predicted octanol–water partition coefficient (Wildman–Crippen LogP) is 3.35. The smallest absolute Gasteiger partial charge is 0.323 e. The van der Waals surface area contributed by atoms with E-state index in [4.69, 9.17) is 0 Å². The van der Waals surface area contributed by atoms with Crippen LogP contribution < -0.4 is 16.0 Å². The molecular formula is C15H14FN3O2. The van der Waals surface area contributed by atoms with Crippen molar-refractivity contribution in [2.75, 3.05) is 16.0 Å². The van der Waals surface area contributed by atoms with Crippen LogP contribution in [0.25, 0.3) is 0 Å². The van der Waals surface area contributed by atoms with E-state index in [1.807, 2.05) is 6.92 Å². The summed E-state index contributed by atoms with van der Waals surface area (Å²) in [7, 11) is 0. The summed E-state index contributed by atoms with van der Waals surface area (Å²) in [4.78, 5) is 22.2. The summed E-state index contributed by atoms with van der Waals surface area (Å²) in [5.41, 5.74) is 2.41. The third-order valence-electron chi connectivity index (χ3n) is 2.78. The summed E-state index contributed by atoms with van der Waals surface area (Å²) >= 11 is 0. The zero-order valence-electron chi connectivity index (χ0n) is 11.3. The Balaban J connectivity index is 2.02. The van der Waals surface area contributed by atoms with Crippen LogP contribution in [-0.2, 0) is 4.79 Å². The normalized spacial score (nSPS) is 9.81. The maximum Gasteiger partial charge on any atom is 0.323 e. The summed E-state index contributed by atoms with van der Waals surface area (Å²) in [6, 6.07) is 10.2. The molecule has 3 amide bonds. The lowest BCUT2D eigenvalue weighted by Crippen LogP contribution is -2.19. The van der Waals surface area contributed by atoms with Gasteiger partial charge in [0.1, 0.15) is 5.82 Å². The van der Waals surface area contributed by atoms with Gasteiger partial charge in [-0.3, -0.25) is 4.79 Å². The lowest BCUT2D eigenvalue weighted by Gasteiger charge is -2.10. The third-order valence-corrected chi connectivity index (χ3v) is 2.78. The maximum atomic E-state index is 13.0. The number of amides is 3. The van der Waals surface area contributed by atoms with Crippen LogP contribution in [-0.4, -0.2) is 12.4 Å². The minimum absolute atomic E-state index is 0.364. The van der Waals surface area contributed by atoms with Crippen molar-refractivity contribution in [2.45, 2.75) is 6.92 Å². The Morgan fingerprint density at radius 3 is 2.43 bits per heavy atom. The molecule has 0 aromatic heterocycles. The molecule has 2 aromatic rings. The van der Waals surface area contributed by atoms with E-state index in [1.165, 1.54) is 18.2 Å². The molecule has 0 radical (unpaired) electrons. The number of anilines is 3. The van der Waals surface area contributed by atoms with Gasteiger partial charge in [-0.25, -0.2) is 9.18 Å². The van der Waals surface area contributed by atoms with Crippen molar-refractivity contribution >= 4 is 29.5 Å². The number of hydrogen-bond acceptors (Lipinski definition) is 2. The Morgan fingerprint density at radius 2 is 1.81 bits per heavy atom. The van der Waals surface area contributed by atoms with E-state index >= 15 is 0 Å². The molecule has 21 heavy (non-hydrogen) atoms. The number of urea groups is 1. The molecule has 3 N–H and O–H groups in total. The zero-order chi connectivity index (χ0) is 15.2. The Bertz CT molecular complexity index is 674. The molecule has 0 saturated carbocycles. The van der Waals surface area contributed by atoms with Crippen LogP contribution in [0.2, 0.25) is 0 Å². The van der Waals surface area contributed by atoms with Gasteiger partial charge in [0.05, 0.1) is 0 Å². The van der Waals surface area contributed by atoms with Crippen molar-refractivity contribution in [1.82, 2.24) is 0 Å². The average molecular weight is 287 g/mol.